The number of aromatic nitrogens is 1. The molecule has 0 spiro atoms. The second-order valence-electron chi connectivity index (χ2n) is 4.58. The molecule has 1 fully saturated rings. The molecule has 0 aromatic carbocycles. The summed E-state index contributed by atoms with van der Waals surface area (Å²) < 4.78 is 22.6. The van der Waals surface area contributed by atoms with Crippen LogP contribution in [0.25, 0.3) is 0 Å². The van der Waals surface area contributed by atoms with Crippen molar-refractivity contribution >= 4 is 21.4 Å². The number of amides is 1. The monoisotopic (exact) mass is 283 g/mol. The molecule has 104 valence electrons. The van der Waals surface area contributed by atoms with Gasteiger partial charge in [0.25, 0.3) is 5.91 Å². The van der Waals surface area contributed by atoms with Crippen LogP contribution < -0.4 is 10.6 Å². The summed E-state index contributed by atoms with van der Waals surface area (Å²) in [6.07, 6.45) is 2.53. The van der Waals surface area contributed by atoms with Crippen LogP contribution >= 0.6 is 0 Å². The Morgan fingerprint density at radius 2 is 2.00 bits per heavy atom. The molecular formula is C12H17N3O3S. The van der Waals surface area contributed by atoms with Crippen molar-refractivity contribution in [3.8, 4) is 0 Å². The lowest BCUT2D eigenvalue weighted by Gasteiger charge is -2.22. The van der Waals surface area contributed by atoms with E-state index in [0.29, 0.717) is 18.5 Å². The number of sulfone groups is 1. The van der Waals surface area contributed by atoms with Gasteiger partial charge in [0.2, 0.25) is 0 Å². The summed E-state index contributed by atoms with van der Waals surface area (Å²) in [5.41, 5.74) is 1.17. The largest absolute Gasteiger partial charge is 0.387 e. The first kappa shape index (κ1) is 13.8. The molecule has 1 aliphatic heterocycles. The third kappa shape index (κ3) is 3.66. The number of pyridine rings is 1. The number of carbonyl (C=O) groups excluding carboxylic acids is 1. The lowest BCUT2D eigenvalue weighted by molar-refractivity contribution is 0.0929. The van der Waals surface area contributed by atoms with E-state index in [2.05, 4.69) is 15.6 Å². The molecule has 0 saturated carbocycles. The maximum Gasteiger partial charge on any atom is 0.270 e. The minimum absolute atomic E-state index is 0.0817. The first-order chi connectivity index (χ1) is 9.00. The van der Waals surface area contributed by atoms with Gasteiger partial charge in [0.15, 0.2) is 0 Å². The smallest absolute Gasteiger partial charge is 0.270 e. The predicted molar refractivity (Wildman–Crippen MR) is 72.9 cm³/mol. The molecule has 2 rings (SSSR count). The van der Waals surface area contributed by atoms with Crippen molar-refractivity contribution in [1.82, 2.24) is 10.3 Å². The summed E-state index contributed by atoms with van der Waals surface area (Å²) >= 11 is 0. The van der Waals surface area contributed by atoms with Crippen LogP contribution in [-0.4, -0.2) is 43.9 Å². The third-order valence-corrected chi connectivity index (χ3v) is 4.89. The van der Waals surface area contributed by atoms with Gasteiger partial charge in [-0.15, -0.1) is 0 Å². The van der Waals surface area contributed by atoms with E-state index < -0.39 is 9.84 Å². The van der Waals surface area contributed by atoms with Gasteiger partial charge in [-0.3, -0.25) is 4.79 Å². The Kier molecular flexibility index (Phi) is 4.04. The summed E-state index contributed by atoms with van der Waals surface area (Å²) in [6, 6.07) is 3.33. The topological polar surface area (TPSA) is 88.2 Å². The van der Waals surface area contributed by atoms with E-state index in [-0.39, 0.29) is 23.5 Å². The summed E-state index contributed by atoms with van der Waals surface area (Å²) in [7, 11) is -1.12. The normalized spacial score (nSPS) is 18.8. The fourth-order valence-corrected chi connectivity index (χ4v) is 3.46. The van der Waals surface area contributed by atoms with E-state index in [1.165, 1.54) is 0 Å². The van der Waals surface area contributed by atoms with Crippen molar-refractivity contribution in [3.63, 3.8) is 0 Å². The van der Waals surface area contributed by atoms with Gasteiger partial charge in [-0.1, -0.05) is 0 Å². The molecule has 0 aliphatic carbocycles. The highest BCUT2D eigenvalue weighted by molar-refractivity contribution is 7.91. The van der Waals surface area contributed by atoms with Crippen molar-refractivity contribution in [2.24, 2.45) is 0 Å². The fraction of sp³-hybridized carbons (Fsp3) is 0.500. The van der Waals surface area contributed by atoms with Gasteiger partial charge in [-0.05, 0) is 25.0 Å². The molecule has 2 N–H and O–H groups in total. The Bertz CT molecular complexity index is 540. The van der Waals surface area contributed by atoms with E-state index in [4.69, 9.17) is 0 Å². The minimum atomic E-state index is -2.90. The maximum absolute atomic E-state index is 11.9. The number of hydrogen-bond acceptors (Lipinski definition) is 5. The van der Waals surface area contributed by atoms with Crippen LogP contribution in [0.4, 0.5) is 5.69 Å². The molecule has 1 saturated heterocycles. The molecule has 1 aromatic heterocycles. The third-order valence-electron chi connectivity index (χ3n) is 3.17. The summed E-state index contributed by atoms with van der Waals surface area (Å²) in [6.45, 7) is 0. The zero-order chi connectivity index (χ0) is 13.9. The molecule has 1 aliphatic rings. The predicted octanol–water partition coefficient (Wildman–Crippen LogP) is 0.430. The van der Waals surface area contributed by atoms with E-state index in [1.807, 2.05) is 0 Å². The van der Waals surface area contributed by atoms with E-state index in [1.54, 1.807) is 25.4 Å². The van der Waals surface area contributed by atoms with Crippen molar-refractivity contribution in [1.29, 1.82) is 0 Å². The standard InChI is InChI=1S/C12H17N3O3S/c1-13-10-2-3-11(14-8-10)12(16)15-9-4-6-19(17,18)7-5-9/h2-3,8-9,13H,4-7H2,1H3,(H,15,16). The van der Waals surface area contributed by atoms with Crippen LogP contribution in [0.3, 0.4) is 0 Å². The van der Waals surface area contributed by atoms with Gasteiger partial charge in [-0.2, -0.15) is 0 Å². The lowest BCUT2D eigenvalue weighted by Crippen LogP contribution is -2.41. The molecule has 1 amide bonds. The van der Waals surface area contributed by atoms with Crippen LogP contribution in [0.5, 0.6) is 0 Å². The average Bonchev–Trinajstić information content (AvgIpc) is 2.41. The molecule has 0 atom stereocenters. The Balaban J connectivity index is 1.94. The van der Waals surface area contributed by atoms with Crippen LogP contribution in [-0.2, 0) is 9.84 Å². The molecule has 7 heteroatoms. The van der Waals surface area contributed by atoms with Crippen molar-refractivity contribution in [3.05, 3.63) is 24.0 Å². The van der Waals surface area contributed by atoms with Gasteiger partial charge < -0.3 is 10.6 Å². The molecule has 2 heterocycles. The Labute approximate surface area is 112 Å². The number of carbonyl (C=O) groups is 1. The van der Waals surface area contributed by atoms with Crippen LogP contribution in [0.1, 0.15) is 23.3 Å². The second kappa shape index (κ2) is 5.56. The highest BCUT2D eigenvalue weighted by Crippen LogP contribution is 2.13. The Morgan fingerprint density at radius 1 is 1.32 bits per heavy atom. The molecule has 0 unspecified atom stereocenters. The Hall–Kier alpha value is -1.63. The molecule has 6 nitrogen and oxygen atoms in total. The Morgan fingerprint density at radius 3 is 2.53 bits per heavy atom. The molecule has 0 radical (unpaired) electrons. The summed E-state index contributed by atoms with van der Waals surface area (Å²) in [4.78, 5) is 16.0. The van der Waals surface area contributed by atoms with Gasteiger partial charge in [-0.25, -0.2) is 13.4 Å². The molecule has 1 aromatic rings. The number of rotatable bonds is 3. The first-order valence-corrected chi connectivity index (χ1v) is 7.97. The molecule has 19 heavy (non-hydrogen) atoms. The summed E-state index contributed by atoms with van der Waals surface area (Å²) in [5.74, 6) is 0.0284. The first-order valence-electron chi connectivity index (χ1n) is 6.15. The van der Waals surface area contributed by atoms with Crippen molar-refractivity contribution in [2.75, 3.05) is 23.9 Å². The van der Waals surface area contributed by atoms with Crippen molar-refractivity contribution in [2.45, 2.75) is 18.9 Å². The highest BCUT2D eigenvalue weighted by atomic mass is 32.2. The van der Waals surface area contributed by atoms with E-state index in [0.717, 1.165) is 5.69 Å². The van der Waals surface area contributed by atoms with Gasteiger partial charge in [0.05, 0.1) is 23.4 Å². The zero-order valence-electron chi connectivity index (χ0n) is 10.7. The maximum atomic E-state index is 11.9. The van der Waals surface area contributed by atoms with Gasteiger partial charge in [0.1, 0.15) is 15.5 Å². The molecular weight excluding hydrogens is 266 g/mol. The van der Waals surface area contributed by atoms with Crippen LogP contribution in [0, 0.1) is 0 Å². The highest BCUT2D eigenvalue weighted by Gasteiger charge is 2.25. The number of anilines is 1. The zero-order valence-corrected chi connectivity index (χ0v) is 11.5. The lowest BCUT2D eigenvalue weighted by atomic mass is 10.1. The quantitative estimate of drug-likeness (QED) is 0.840. The van der Waals surface area contributed by atoms with Gasteiger partial charge in [0, 0.05) is 13.1 Å². The van der Waals surface area contributed by atoms with Crippen LogP contribution in [0.15, 0.2) is 18.3 Å². The minimum Gasteiger partial charge on any atom is -0.387 e. The average molecular weight is 283 g/mol. The van der Waals surface area contributed by atoms with E-state index >= 15 is 0 Å². The summed E-state index contributed by atoms with van der Waals surface area (Å²) in [5, 5.41) is 5.75. The van der Waals surface area contributed by atoms with E-state index in [9.17, 15) is 13.2 Å². The molecule has 0 bridgehead atoms. The van der Waals surface area contributed by atoms with Crippen LogP contribution in [0.2, 0.25) is 0 Å². The number of nitrogens with one attached hydrogen (secondary N) is 2. The SMILES string of the molecule is CNc1ccc(C(=O)NC2CCS(=O)(=O)CC2)nc1. The number of nitrogens with zero attached hydrogens (tertiary/aromatic N) is 1. The second-order valence-corrected chi connectivity index (χ2v) is 6.89. The number of hydrogen-bond donors (Lipinski definition) is 2. The van der Waals surface area contributed by atoms with Gasteiger partial charge >= 0.3 is 0 Å². The van der Waals surface area contributed by atoms with Crippen molar-refractivity contribution < 1.29 is 13.2 Å². The fourth-order valence-electron chi connectivity index (χ4n) is 1.97.